The van der Waals surface area contributed by atoms with Crippen LogP contribution in [-0.2, 0) is 13.0 Å². The molecule has 0 atom stereocenters. The summed E-state index contributed by atoms with van der Waals surface area (Å²) in [6.45, 7) is 7.02. The lowest BCUT2D eigenvalue weighted by atomic mass is 10.1. The van der Waals surface area contributed by atoms with Crippen molar-refractivity contribution in [2.24, 2.45) is 0 Å². The maximum absolute atomic E-state index is 12.4. The number of hydrogen-bond donors (Lipinski definition) is 0. The van der Waals surface area contributed by atoms with Gasteiger partial charge < -0.3 is 4.57 Å². The summed E-state index contributed by atoms with van der Waals surface area (Å²) in [6, 6.07) is 12.1. The molecular formula is C19H21N3OS2. The van der Waals surface area contributed by atoms with Crippen LogP contribution >= 0.6 is 23.1 Å². The van der Waals surface area contributed by atoms with E-state index in [4.69, 9.17) is 0 Å². The molecule has 0 spiro atoms. The average Bonchev–Trinajstić information content (AvgIpc) is 3.26. The molecule has 1 aromatic carbocycles. The standard InChI is InChI=1S/C19H21N3OS2/c1-4-14-10-11-17(25-14)16(23)12-24-19-21-20-18(22(19)5-2)15-9-7-6-8-13(15)3/h6-11H,4-5,12H2,1-3H3. The number of aryl methyl sites for hydroxylation is 2. The quantitative estimate of drug-likeness (QED) is 0.439. The van der Waals surface area contributed by atoms with Gasteiger partial charge in [0.15, 0.2) is 16.8 Å². The maximum atomic E-state index is 12.4. The van der Waals surface area contributed by atoms with Gasteiger partial charge in [-0.3, -0.25) is 4.79 Å². The third kappa shape index (κ3) is 3.85. The van der Waals surface area contributed by atoms with Crippen LogP contribution < -0.4 is 0 Å². The Morgan fingerprint density at radius 1 is 1.16 bits per heavy atom. The van der Waals surface area contributed by atoms with Crippen LogP contribution in [0.25, 0.3) is 11.4 Å². The van der Waals surface area contributed by atoms with E-state index in [0.29, 0.717) is 5.75 Å². The van der Waals surface area contributed by atoms with Crippen LogP contribution in [0.4, 0.5) is 0 Å². The summed E-state index contributed by atoms with van der Waals surface area (Å²) >= 11 is 3.04. The van der Waals surface area contributed by atoms with Crippen molar-refractivity contribution in [3.05, 3.63) is 51.7 Å². The van der Waals surface area contributed by atoms with E-state index in [1.807, 2.05) is 24.3 Å². The number of hydrogen-bond acceptors (Lipinski definition) is 5. The van der Waals surface area contributed by atoms with Crippen molar-refractivity contribution in [2.45, 2.75) is 38.9 Å². The van der Waals surface area contributed by atoms with Gasteiger partial charge in [0.05, 0.1) is 10.6 Å². The molecule has 0 bridgehead atoms. The van der Waals surface area contributed by atoms with E-state index in [-0.39, 0.29) is 5.78 Å². The van der Waals surface area contributed by atoms with Crippen LogP contribution in [0.2, 0.25) is 0 Å². The zero-order chi connectivity index (χ0) is 17.8. The topological polar surface area (TPSA) is 47.8 Å². The van der Waals surface area contributed by atoms with Crippen molar-refractivity contribution in [1.29, 1.82) is 0 Å². The number of thiophene rings is 1. The molecule has 0 fully saturated rings. The van der Waals surface area contributed by atoms with Crippen LogP contribution in [0.1, 0.15) is 34.0 Å². The van der Waals surface area contributed by atoms with E-state index in [2.05, 4.69) is 47.7 Å². The Labute approximate surface area is 156 Å². The van der Waals surface area contributed by atoms with E-state index >= 15 is 0 Å². The zero-order valence-corrected chi connectivity index (χ0v) is 16.3. The van der Waals surface area contributed by atoms with Crippen LogP contribution in [0.15, 0.2) is 41.6 Å². The fourth-order valence-electron chi connectivity index (χ4n) is 2.62. The van der Waals surface area contributed by atoms with Crippen molar-refractivity contribution in [1.82, 2.24) is 14.8 Å². The first-order chi connectivity index (χ1) is 12.1. The van der Waals surface area contributed by atoms with Crippen LogP contribution in [0.5, 0.6) is 0 Å². The maximum Gasteiger partial charge on any atom is 0.191 e. The largest absolute Gasteiger partial charge is 0.302 e. The van der Waals surface area contributed by atoms with E-state index in [9.17, 15) is 4.79 Å². The molecule has 2 aromatic heterocycles. The number of rotatable bonds is 7. The number of thioether (sulfide) groups is 1. The monoisotopic (exact) mass is 371 g/mol. The first-order valence-corrected chi connectivity index (χ1v) is 10.2. The number of carbonyl (C=O) groups is 1. The van der Waals surface area contributed by atoms with Gasteiger partial charge in [-0.15, -0.1) is 21.5 Å². The normalized spacial score (nSPS) is 11.0. The SMILES string of the molecule is CCc1ccc(C(=O)CSc2nnc(-c3ccccc3C)n2CC)s1. The lowest BCUT2D eigenvalue weighted by Gasteiger charge is -2.08. The summed E-state index contributed by atoms with van der Waals surface area (Å²) in [6.07, 6.45) is 0.967. The predicted molar refractivity (Wildman–Crippen MR) is 105 cm³/mol. The van der Waals surface area contributed by atoms with Gasteiger partial charge >= 0.3 is 0 Å². The van der Waals surface area contributed by atoms with Crippen LogP contribution in [0, 0.1) is 6.92 Å². The Morgan fingerprint density at radius 3 is 2.64 bits per heavy atom. The molecule has 3 rings (SSSR count). The van der Waals surface area contributed by atoms with Gasteiger partial charge in [0, 0.05) is 17.0 Å². The smallest absolute Gasteiger partial charge is 0.191 e. The highest BCUT2D eigenvalue weighted by atomic mass is 32.2. The summed E-state index contributed by atoms with van der Waals surface area (Å²) in [5, 5.41) is 9.48. The number of nitrogens with zero attached hydrogens (tertiary/aromatic N) is 3. The van der Waals surface area contributed by atoms with Gasteiger partial charge in [-0.05, 0) is 38.0 Å². The second-order valence-electron chi connectivity index (χ2n) is 5.70. The molecule has 0 N–H and O–H groups in total. The summed E-state index contributed by atoms with van der Waals surface area (Å²) in [5.41, 5.74) is 2.25. The van der Waals surface area contributed by atoms with Gasteiger partial charge in [0.2, 0.25) is 0 Å². The molecule has 25 heavy (non-hydrogen) atoms. The lowest BCUT2D eigenvalue weighted by Crippen LogP contribution is -2.04. The van der Waals surface area contributed by atoms with Crippen molar-refractivity contribution in [2.75, 3.05) is 5.75 Å². The average molecular weight is 372 g/mol. The van der Waals surface area contributed by atoms with E-state index in [0.717, 1.165) is 34.4 Å². The second kappa shape index (κ2) is 7.97. The van der Waals surface area contributed by atoms with Crippen molar-refractivity contribution >= 4 is 28.9 Å². The van der Waals surface area contributed by atoms with Crippen LogP contribution in [0.3, 0.4) is 0 Å². The van der Waals surface area contributed by atoms with Crippen LogP contribution in [-0.4, -0.2) is 26.3 Å². The summed E-state index contributed by atoms with van der Waals surface area (Å²) in [4.78, 5) is 14.5. The molecule has 6 heteroatoms. The minimum atomic E-state index is 0.151. The van der Waals surface area contributed by atoms with Gasteiger partial charge in [-0.2, -0.15) is 0 Å². The van der Waals surface area contributed by atoms with E-state index < -0.39 is 0 Å². The molecule has 2 heterocycles. The van der Waals surface area contributed by atoms with Gasteiger partial charge in [-0.25, -0.2) is 0 Å². The minimum Gasteiger partial charge on any atom is -0.302 e. The molecule has 130 valence electrons. The van der Waals surface area contributed by atoms with Gasteiger partial charge in [0.1, 0.15) is 0 Å². The highest BCUT2D eigenvalue weighted by Crippen LogP contribution is 2.27. The Bertz CT molecular complexity index is 882. The molecular weight excluding hydrogens is 350 g/mol. The van der Waals surface area contributed by atoms with E-state index in [1.54, 1.807) is 11.3 Å². The number of aromatic nitrogens is 3. The molecule has 0 saturated heterocycles. The highest BCUT2D eigenvalue weighted by Gasteiger charge is 2.17. The van der Waals surface area contributed by atoms with E-state index in [1.165, 1.54) is 22.2 Å². The first-order valence-electron chi connectivity index (χ1n) is 8.38. The molecule has 3 aromatic rings. The minimum absolute atomic E-state index is 0.151. The zero-order valence-electron chi connectivity index (χ0n) is 14.7. The molecule has 4 nitrogen and oxygen atoms in total. The highest BCUT2D eigenvalue weighted by molar-refractivity contribution is 7.99. The van der Waals surface area contributed by atoms with Crippen molar-refractivity contribution in [3.63, 3.8) is 0 Å². The molecule has 0 saturated carbocycles. The Hall–Kier alpha value is -1.92. The number of Topliss-reactive ketones (excluding diaryl/α,β-unsaturated/α-hetero) is 1. The Morgan fingerprint density at radius 2 is 1.96 bits per heavy atom. The van der Waals surface area contributed by atoms with Gasteiger partial charge in [-0.1, -0.05) is 43.0 Å². The summed E-state index contributed by atoms with van der Waals surface area (Å²) < 4.78 is 2.08. The van der Waals surface area contributed by atoms with Crippen molar-refractivity contribution < 1.29 is 4.79 Å². The Kier molecular flexibility index (Phi) is 5.71. The molecule has 0 radical (unpaired) electrons. The number of benzene rings is 1. The summed E-state index contributed by atoms with van der Waals surface area (Å²) in [5.74, 6) is 1.40. The lowest BCUT2D eigenvalue weighted by molar-refractivity contribution is 0.102. The molecule has 0 aliphatic heterocycles. The number of carbonyl (C=O) groups excluding carboxylic acids is 1. The predicted octanol–water partition coefficient (Wildman–Crippen LogP) is 4.87. The Balaban J connectivity index is 1.77. The first kappa shape index (κ1) is 17.9. The second-order valence-corrected chi connectivity index (χ2v) is 7.81. The third-order valence-corrected chi connectivity index (χ3v) is 6.27. The fraction of sp³-hybridized carbons (Fsp3) is 0.316. The molecule has 0 unspecified atom stereocenters. The fourth-order valence-corrected chi connectivity index (χ4v) is 4.48. The molecule has 0 amide bonds. The molecule has 0 aliphatic rings. The van der Waals surface area contributed by atoms with Gasteiger partial charge in [0.25, 0.3) is 0 Å². The summed E-state index contributed by atoms with van der Waals surface area (Å²) in [7, 11) is 0. The van der Waals surface area contributed by atoms with Crippen molar-refractivity contribution in [3.8, 4) is 11.4 Å². The number of ketones is 1. The molecule has 0 aliphatic carbocycles. The third-order valence-electron chi connectivity index (χ3n) is 4.04.